The molecule has 7 rings (SSSR count). The standard InChI is InChI=1S/C32H22ClNO4S/c1-38-21-12-8-18(9-13-21)27-28(29(35)25-7-4-16-39-25)34-24-14-11-20(33)17-19(24)10-15-26(34)32(27)30(36)22-5-2-3-6-23(22)31(32)37/h2-17,26-28H,1H3/t26-,27+,28+/m0/s1. The number of hydrogen-bond acceptors (Lipinski definition) is 6. The number of carbonyl (C=O) groups excluding carboxylic acids is 3. The van der Waals surface area contributed by atoms with Crippen molar-refractivity contribution in [3.63, 3.8) is 0 Å². The first-order valence-electron chi connectivity index (χ1n) is 12.6. The van der Waals surface area contributed by atoms with Gasteiger partial charge in [0.25, 0.3) is 0 Å². The maximum absolute atomic E-state index is 14.6. The summed E-state index contributed by atoms with van der Waals surface area (Å²) >= 11 is 7.70. The second-order valence-electron chi connectivity index (χ2n) is 10.0. The third-order valence-corrected chi connectivity index (χ3v) is 9.39. The van der Waals surface area contributed by atoms with Gasteiger partial charge >= 0.3 is 0 Å². The van der Waals surface area contributed by atoms with E-state index in [1.165, 1.54) is 11.3 Å². The van der Waals surface area contributed by atoms with E-state index in [2.05, 4.69) is 0 Å². The zero-order valence-corrected chi connectivity index (χ0v) is 22.4. The Bertz CT molecular complexity index is 1660. The molecule has 0 N–H and O–H groups in total. The summed E-state index contributed by atoms with van der Waals surface area (Å²) in [5.41, 5.74) is 1.63. The van der Waals surface area contributed by atoms with Crippen LogP contribution in [0, 0.1) is 5.41 Å². The molecule has 5 nitrogen and oxygen atoms in total. The van der Waals surface area contributed by atoms with Gasteiger partial charge in [-0.25, -0.2) is 0 Å². The van der Waals surface area contributed by atoms with Gasteiger partial charge in [0.2, 0.25) is 0 Å². The Balaban J connectivity index is 1.54. The van der Waals surface area contributed by atoms with Crippen LogP contribution >= 0.6 is 22.9 Å². The predicted octanol–water partition coefficient (Wildman–Crippen LogP) is 6.73. The van der Waals surface area contributed by atoms with E-state index in [-0.39, 0.29) is 17.3 Å². The second-order valence-corrected chi connectivity index (χ2v) is 11.4. The Morgan fingerprint density at radius 3 is 2.31 bits per heavy atom. The number of hydrogen-bond donors (Lipinski definition) is 0. The van der Waals surface area contributed by atoms with Crippen molar-refractivity contribution in [1.29, 1.82) is 0 Å². The molecule has 0 bridgehead atoms. The van der Waals surface area contributed by atoms with Crippen LogP contribution in [0.25, 0.3) is 6.08 Å². The summed E-state index contributed by atoms with van der Waals surface area (Å²) in [5, 5.41) is 2.43. The maximum atomic E-state index is 14.6. The zero-order chi connectivity index (χ0) is 26.9. The minimum absolute atomic E-state index is 0.125. The maximum Gasteiger partial charge on any atom is 0.195 e. The van der Waals surface area contributed by atoms with Crippen molar-refractivity contribution in [2.45, 2.75) is 18.0 Å². The van der Waals surface area contributed by atoms with Gasteiger partial charge in [0.1, 0.15) is 17.2 Å². The summed E-state index contributed by atoms with van der Waals surface area (Å²) in [6.45, 7) is 0. The number of ether oxygens (including phenoxy) is 1. The van der Waals surface area contributed by atoms with Crippen LogP contribution in [0.5, 0.6) is 5.75 Å². The number of Topliss-reactive ketones (excluding diaryl/α,β-unsaturated/α-hetero) is 3. The van der Waals surface area contributed by atoms with Gasteiger partial charge in [0.05, 0.1) is 18.0 Å². The number of benzene rings is 3. The average molecular weight is 552 g/mol. The number of fused-ring (bicyclic) bond motifs is 5. The number of thiophene rings is 1. The minimum atomic E-state index is -1.52. The van der Waals surface area contributed by atoms with Crippen molar-refractivity contribution in [2.75, 3.05) is 12.0 Å². The number of halogens is 1. The van der Waals surface area contributed by atoms with E-state index in [1.807, 2.05) is 64.9 Å². The molecular formula is C32H22ClNO4S. The van der Waals surface area contributed by atoms with Crippen molar-refractivity contribution >= 4 is 52.1 Å². The molecule has 192 valence electrons. The Morgan fingerprint density at radius 2 is 1.67 bits per heavy atom. The van der Waals surface area contributed by atoms with Crippen molar-refractivity contribution < 1.29 is 19.1 Å². The largest absolute Gasteiger partial charge is 0.497 e. The molecule has 0 saturated carbocycles. The van der Waals surface area contributed by atoms with Crippen LogP contribution in [0.4, 0.5) is 5.69 Å². The molecular weight excluding hydrogens is 530 g/mol. The summed E-state index contributed by atoms with van der Waals surface area (Å²) in [6.07, 6.45) is 3.81. The van der Waals surface area contributed by atoms with E-state index >= 15 is 0 Å². The quantitative estimate of drug-likeness (QED) is 0.208. The molecule has 1 aromatic heterocycles. The van der Waals surface area contributed by atoms with Crippen LogP contribution in [0.1, 0.15) is 47.4 Å². The molecule has 39 heavy (non-hydrogen) atoms. The molecule has 4 aromatic rings. The van der Waals surface area contributed by atoms with E-state index in [4.69, 9.17) is 16.3 Å². The van der Waals surface area contributed by atoms with E-state index < -0.39 is 23.4 Å². The smallest absolute Gasteiger partial charge is 0.195 e. The highest BCUT2D eigenvalue weighted by atomic mass is 35.5. The molecule has 3 aromatic carbocycles. The monoisotopic (exact) mass is 551 g/mol. The first-order valence-corrected chi connectivity index (χ1v) is 13.9. The van der Waals surface area contributed by atoms with Crippen molar-refractivity contribution in [1.82, 2.24) is 0 Å². The SMILES string of the molecule is COc1ccc([C@@H]2[C@H](C(=O)c3cccs3)N3c4ccc(Cl)cc4C=C[C@H]3C23C(=O)c2ccccc2C3=O)cc1. The molecule has 0 unspecified atom stereocenters. The van der Waals surface area contributed by atoms with Gasteiger partial charge < -0.3 is 9.64 Å². The Hall–Kier alpha value is -4.00. The molecule has 7 heteroatoms. The summed E-state index contributed by atoms with van der Waals surface area (Å²) in [6, 6.07) is 22.0. The zero-order valence-electron chi connectivity index (χ0n) is 20.8. The third-order valence-electron chi connectivity index (χ3n) is 8.27. The fourth-order valence-electron chi connectivity index (χ4n) is 6.70. The highest BCUT2D eigenvalue weighted by Crippen LogP contribution is 2.61. The van der Waals surface area contributed by atoms with Gasteiger partial charge in [-0.05, 0) is 52.9 Å². The Labute approximate surface area is 234 Å². The van der Waals surface area contributed by atoms with Crippen LogP contribution < -0.4 is 9.64 Å². The van der Waals surface area contributed by atoms with Crippen LogP contribution in [0.3, 0.4) is 0 Å². The van der Waals surface area contributed by atoms with Crippen molar-refractivity contribution in [2.24, 2.45) is 5.41 Å². The molecule has 2 aliphatic heterocycles. The van der Waals surface area contributed by atoms with Gasteiger partial charge in [0.15, 0.2) is 17.3 Å². The van der Waals surface area contributed by atoms with E-state index in [0.717, 1.165) is 16.8 Å². The molecule has 1 fully saturated rings. The number of ketones is 3. The Morgan fingerprint density at radius 1 is 0.949 bits per heavy atom. The lowest BCUT2D eigenvalue weighted by molar-refractivity contribution is 0.0666. The van der Waals surface area contributed by atoms with Crippen LogP contribution in [0.15, 0.2) is 90.3 Å². The Kier molecular flexibility index (Phi) is 5.41. The van der Waals surface area contributed by atoms with Gasteiger partial charge in [-0.1, -0.05) is 66.2 Å². The fraction of sp³-hybridized carbons (Fsp3) is 0.156. The fourth-order valence-corrected chi connectivity index (χ4v) is 7.57. The lowest BCUT2D eigenvalue weighted by Crippen LogP contribution is -2.48. The highest BCUT2D eigenvalue weighted by molar-refractivity contribution is 7.12. The highest BCUT2D eigenvalue weighted by Gasteiger charge is 2.71. The molecule has 1 aliphatic carbocycles. The molecule has 0 amide bonds. The van der Waals surface area contributed by atoms with Gasteiger partial charge in [0, 0.05) is 27.8 Å². The topological polar surface area (TPSA) is 63.7 Å². The van der Waals surface area contributed by atoms with Gasteiger partial charge in [-0.15, -0.1) is 11.3 Å². The second kappa shape index (κ2) is 8.76. The molecule has 1 spiro atoms. The number of methoxy groups -OCH3 is 1. The molecule has 3 heterocycles. The van der Waals surface area contributed by atoms with Gasteiger partial charge in [-0.2, -0.15) is 0 Å². The molecule has 1 saturated heterocycles. The van der Waals surface area contributed by atoms with Crippen LogP contribution in [0.2, 0.25) is 5.02 Å². The number of carbonyl (C=O) groups is 3. The predicted molar refractivity (Wildman–Crippen MR) is 152 cm³/mol. The summed E-state index contributed by atoms with van der Waals surface area (Å²) in [4.78, 5) is 46.2. The van der Waals surface area contributed by atoms with Crippen LogP contribution in [-0.2, 0) is 0 Å². The van der Waals surface area contributed by atoms with Gasteiger partial charge in [-0.3, -0.25) is 14.4 Å². The van der Waals surface area contributed by atoms with Crippen molar-refractivity contribution in [3.05, 3.63) is 122 Å². The van der Waals surface area contributed by atoms with Crippen molar-refractivity contribution in [3.8, 4) is 5.75 Å². The number of rotatable bonds is 4. The number of anilines is 1. The first kappa shape index (κ1) is 24.1. The lowest BCUT2D eigenvalue weighted by atomic mass is 9.64. The molecule has 3 atom stereocenters. The molecule has 3 aliphatic rings. The third kappa shape index (κ3) is 3.22. The van der Waals surface area contributed by atoms with E-state index in [1.54, 1.807) is 43.5 Å². The number of nitrogens with zero attached hydrogens (tertiary/aromatic N) is 1. The van der Waals surface area contributed by atoms with E-state index in [9.17, 15) is 14.4 Å². The van der Waals surface area contributed by atoms with Crippen LogP contribution in [-0.4, -0.2) is 36.5 Å². The average Bonchev–Trinajstić information content (AvgIpc) is 3.66. The summed E-state index contributed by atoms with van der Waals surface area (Å²) < 4.78 is 5.39. The summed E-state index contributed by atoms with van der Waals surface area (Å²) in [5.74, 6) is -0.719. The summed E-state index contributed by atoms with van der Waals surface area (Å²) in [7, 11) is 1.59. The molecule has 0 radical (unpaired) electrons. The first-order chi connectivity index (χ1) is 19.0. The minimum Gasteiger partial charge on any atom is -0.497 e. The lowest BCUT2D eigenvalue weighted by Gasteiger charge is -2.37. The van der Waals surface area contributed by atoms with E-state index in [0.29, 0.717) is 26.8 Å². The normalized spacial score (nSPS) is 22.1.